The van der Waals surface area contributed by atoms with E-state index < -0.39 is 0 Å². The molecule has 0 bridgehead atoms. The van der Waals surface area contributed by atoms with Crippen molar-refractivity contribution in [3.8, 4) is 0 Å². The minimum atomic E-state index is 0.925. The molecule has 0 aliphatic heterocycles. The Hall–Kier alpha value is 0. The van der Waals surface area contributed by atoms with E-state index in [9.17, 15) is 0 Å². The second-order valence-electron chi connectivity index (χ2n) is 6.80. The zero-order valence-electron chi connectivity index (χ0n) is 9.34. The number of hydrogen-bond donors (Lipinski definition) is 0. The summed E-state index contributed by atoms with van der Waals surface area (Å²) >= 11 is 0. The van der Waals surface area contributed by atoms with Gasteiger partial charge in [-0.15, -0.1) is 0 Å². The number of fused-ring (bicyclic) bond motifs is 1. The molecule has 0 amide bonds. The summed E-state index contributed by atoms with van der Waals surface area (Å²) in [6.07, 6.45) is 11.2. The lowest BCUT2D eigenvalue weighted by Gasteiger charge is -2.61. The van der Waals surface area contributed by atoms with E-state index in [-0.39, 0.29) is 0 Å². The van der Waals surface area contributed by atoms with Crippen LogP contribution in [0.5, 0.6) is 0 Å². The van der Waals surface area contributed by atoms with Crippen LogP contribution < -0.4 is 0 Å². The van der Waals surface area contributed by atoms with Gasteiger partial charge in [-0.2, -0.15) is 0 Å². The smallest absolute Gasteiger partial charge is 0.0266 e. The van der Waals surface area contributed by atoms with Crippen molar-refractivity contribution in [1.82, 2.24) is 0 Å². The van der Waals surface area contributed by atoms with Gasteiger partial charge in [0.2, 0.25) is 0 Å². The van der Waals surface area contributed by atoms with Crippen LogP contribution in [0, 0.1) is 35.0 Å². The Morgan fingerprint density at radius 3 is 2.64 bits per heavy atom. The third-order valence-corrected chi connectivity index (χ3v) is 6.44. The summed E-state index contributed by atoms with van der Waals surface area (Å²) in [5.74, 6) is 5.81. The fourth-order valence-electron chi connectivity index (χ4n) is 5.32. The minimum Gasteiger partial charge on any atom is -0.0622 e. The highest BCUT2D eigenvalue weighted by Crippen LogP contribution is 2.72. The average molecular weight is 190 g/mol. The topological polar surface area (TPSA) is 0 Å². The van der Waals surface area contributed by atoms with E-state index in [0.29, 0.717) is 0 Å². The first-order chi connectivity index (χ1) is 6.80. The van der Waals surface area contributed by atoms with Gasteiger partial charge in [-0.1, -0.05) is 13.3 Å². The molecule has 0 N–H and O–H groups in total. The molecule has 0 radical (unpaired) electrons. The normalized spacial score (nSPS) is 57.6. The monoisotopic (exact) mass is 190 g/mol. The van der Waals surface area contributed by atoms with Gasteiger partial charge in [0.15, 0.2) is 0 Å². The van der Waals surface area contributed by atoms with Gasteiger partial charge in [-0.3, -0.25) is 0 Å². The van der Waals surface area contributed by atoms with Crippen LogP contribution in [0.15, 0.2) is 0 Å². The second kappa shape index (κ2) is 2.39. The van der Waals surface area contributed by atoms with Crippen LogP contribution in [0.4, 0.5) is 0 Å². The van der Waals surface area contributed by atoms with Gasteiger partial charge in [0.05, 0.1) is 0 Å². The van der Waals surface area contributed by atoms with E-state index in [4.69, 9.17) is 0 Å². The zero-order chi connectivity index (χ0) is 9.34. The SMILES string of the molecule is CC1CCC2CCC3(CC3)C3CC1C23. The molecule has 4 saturated carbocycles. The van der Waals surface area contributed by atoms with Crippen molar-refractivity contribution < 1.29 is 0 Å². The minimum absolute atomic E-state index is 0.925. The van der Waals surface area contributed by atoms with Crippen molar-refractivity contribution in [2.45, 2.75) is 51.9 Å². The zero-order valence-corrected chi connectivity index (χ0v) is 9.34. The molecule has 0 heterocycles. The lowest BCUT2D eigenvalue weighted by atomic mass is 9.44. The fourth-order valence-corrected chi connectivity index (χ4v) is 5.32. The van der Waals surface area contributed by atoms with Gasteiger partial charge < -0.3 is 0 Å². The Morgan fingerprint density at radius 1 is 1.00 bits per heavy atom. The molecule has 0 nitrogen and oxygen atoms in total. The Kier molecular flexibility index (Phi) is 1.40. The highest BCUT2D eigenvalue weighted by Gasteiger charge is 2.63. The van der Waals surface area contributed by atoms with Crippen molar-refractivity contribution >= 4 is 0 Å². The van der Waals surface area contributed by atoms with Gasteiger partial charge in [-0.25, -0.2) is 0 Å². The van der Waals surface area contributed by atoms with Gasteiger partial charge in [0.1, 0.15) is 0 Å². The second-order valence-corrected chi connectivity index (χ2v) is 6.80. The Bertz CT molecular complexity index is 261. The molecule has 4 aliphatic rings. The Balaban J connectivity index is 1.64. The van der Waals surface area contributed by atoms with Gasteiger partial charge >= 0.3 is 0 Å². The maximum Gasteiger partial charge on any atom is -0.0266 e. The molecule has 4 rings (SSSR count). The molecule has 5 atom stereocenters. The van der Waals surface area contributed by atoms with Crippen LogP contribution >= 0.6 is 0 Å². The first kappa shape index (κ1) is 8.19. The summed E-state index contributed by atoms with van der Waals surface area (Å²) in [5.41, 5.74) is 0.925. The third-order valence-electron chi connectivity index (χ3n) is 6.44. The summed E-state index contributed by atoms with van der Waals surface area (Å²) in [4.78, 5) is 0. The van der Waals surface area contributed by atoms with E-state index in [1.54, 1.807) is 44.9 Å². The molecule has 0 saturated heterocycles. The van der Waals surface area contributed by atoms with E-state index in [0.717, 1.165) is 17.3 Å². The molecule has 0 aromatic heterocycles. The van der Waals surface area contributed by atoms with E-state index in [2.05, 4.69) is 6.92 Å². The van der Waals surface area contributed by atoms with E-state index >= 15 is 0 Å². The van der Waals surface area contributed by atoms with Crippen molar-refractivity contribution in [3.05, 3.63) is 0 Å². The lowest BCUT2D eigenvalue weighted by molar-refractivity contribution is -0.119. The third kappa shape index (κ3) is 0.823. The highest BCUT2D eigenvalue weighted by atomic mass is 14.7. The largest absolute Gasteiger partial charge is 0.0622 e. The van der Waals surface area contributed by atoms with Crippen LogP contribution in [0.2, 0.25) is 0 Å². The average Bonchev–Trinajstić information content (AvgIpc) is 2.86. The summed E-state index contributed by atoms with van der Waals surface area (Å²) in [7, 11) is 0. The molecule has 0 heteroatoms. The van der Waals surface area contributed by atoms with E-state index in [1.165, 1.54) is 17.8 Å². The van der Waals surface area contributed by atoms with Gasteiger partial charge in [-0.05, 0) is 73.5 Å². The molecule has 78 valence electrons. The molecule has 14 heavy (non-hydrogen) atoms. The first-order valence-corrected chi connectivity index (χ1v) is 6.80. The molecule has 4 aliphatic carbocycles. The molecule has 5 unspecified atom stereocenters. The molecular weight excluding hydrogens is 168 g/mol. The van der Waals surface area contributed by atoms with Crippen LogP contribution in [0.1, 0.15) is 51.9 Å². The van der Waals surface area contributed by atoms with Crippen LogP contribution in [0.25, 0.3) is 0 Å². The number of rotatable bonds is 0. The summed E-state index contributed by atoms with van der Waals surface area (Å²) in [6.45, 7) is 2.52. The number of hydrogen-bond acceptors (Lipinski definition) is 0. The van der Waals surface area contributed by atoms with Gasteiger partial charge in [0.25, 0.3) is 0 Å². The quantitative estimate of drug-likeness (QED) is 0.544. The molecule has 1 spiro atoms. The van der Waals surface area contributed by atoms with Crippen molar-refractivity contribution in [2.24, 2.45) is 35.0 Å². The predicted molar refractivity (Wildman–Crippen MR) is 57.9 cm³/mol. The van der Waals surface area contributed by atoms with Gasteiger partial charge in [0, 0.05) is 0 Å². The molecule has 0 aromatic rings. The summed E-state index contributed by atoms with van der Waals surface area (Å²) < 4.78 is 0. The fraction of sp³-hybridized carbons (Fsp3) is 1.00. The van der Waals surface area contributed by atoms with Crippen molar-refractivity contribution in [2.75, 3.05) is 0 Å². The summed E-state index contributed by atoms with van der Waals surface area (Å²) in [6, 6.07) is 0. The standard InChI is InChI=1S/C14H22/c1-9-2-3-10-4-5-14(6-7-14)12-8-11(9)13(10)12/h9-13H,2-8H2,1H3. The predicted octanol–water partition coefficient (Wildman–Crippen LogP) is 3.86. The van der Waals surface area contributed by atoms with Crippen molar-refractivity contribution in [3.63, 3.8) is 0 Å². The Labute approximate surface area is 87.5 Å². The highest BCUT2D eigenvalue weighted by molar-refractivity contribution is 5.13. The maximum atomic E-state index is 2.52. The van der Waals surface area contributed by atoms with Crippen molar-refractivity contribution in [1.29, 1.82) is 0 Å². The van der Waals surface area contributed by atoms with Crippen LogP contribution in [-0.4, -0.2) is 0 Å². The molecular formula is C14H22. The molecule has 0 aromatic carbocycles. The maximum absolute atomic E-state index is 2.52. The lowest BCUT2D eigenvalue weighted by Crippen LogP contribution is -2.53. The summed E-state index contributed by atoms with van der Waals surface area (Å²) in [5, 5.41) is 0. The Morgan fingerprint density at radius 2 is 1.86 bits per heavy atom. The van der Waals surface area contributed by atoms with E-state index in [1.807, 2.05) is 0 Å². The first-order valence-electron chi connectivity index (χ1n) is 6.80. The van der Waals surface area contributed by atoms with Crippen LogP contribution in [-0.2, 0) is 0 Å². The molecule has 4 fully saturated rings. The van der Waals surface area contributed by atoms with Crippen LogP contribution in [0.3, 0.4) is 0 Å².